The largest absolute Gasteiger partial charge is 0.455 e. The van der Waals surface area contributed by atoms with Crippen LogP contribution in [-0.4, -0.2) is 116 Å². The fraction of sp³-hybridized carbons (Fsp3) is 0.407. The number of esters is 4. The topological polar surface area (TPSA) is 243 Å². The summed E-state index contributed by atoms with van der Waals surface area (Å²) in [5.74, 6) is -6.54. The molecule has 4 N–H and O–H groups in total. The molecule has 3 fully saturated rings. The molecule has 9 rings (SSSR count). The number of pyridine rings is 1. The van der Waals surface area contributed by atoms with Gasteiger partial charge in [-0.15, -0.1) is 0 Å². The lowest BCUT2D eigenvalue weighted by Crippen LogP contribution is -2.81. The van der Waals surface area contributed by atoms with E-state index in [0.29, 0.717) is 22.2 Å². The molecule has 5 aromatic rings. The molecular formula is C59H62N2O15. The minimum Gasteiger partial charge on any atom is -0.455 e. The number of nitrogens with zero attached hydrogens (tertiary/aromatic N) is 1. The summed E-state index contributed by atoms with van der Waals surface area (Å²) in [6.07, 6.45) is -12.0. The van der Waals surface area contributed by atoms with Gasteiger partial charge in [-0.2, -0.15) is 0 Å². The molecule has 3 aliphatic carbocycles. The molecule has 0 radical (unpaired) electrons. The second kappa shape index (κ2) is 20.0. The highest BCUT2D eigenvalue weighted by Crippen LogP contribution is 2.64. The van der Waals surface area contributed by atoms with Gasteiger partial charge in [0, 0.05) is 36.1 Å². The first kappa shape index (κ1) is 53.5. The number of para-hydroxylation sites is 1. The number of fused-ring (bicyclic) bond motifs is 6. The average molecular weight is 1040 g/mol. The number of nitrogens with one attached hydrogen (secondary N) is 1. The number of aliphatic hydroxyl groups excluding tert-OH is 2. The number of aromatic nitrogens is 1. The van der Waals surface area contributed by atoms with E-state index in [-0.39, 0.29) is 40.9 Å². The Kier molecular flexibility index (Phi) is 14.1. The molecule has 1 saturated heterocycles. The second-order valence-corrected chi connectivity index (χ2v) is 21.9. The van der Waals surface area contributed by atoms with Crippen molar-refractivity contribution in [3.8, 4) is 11.3 Å². The lowest BCUT2D eigenvalue weighted by molar-refractivity contribution is -0.346. The molecule has 1 amide bonds. The molecule has 4 aliphatic rings. The van der Waals surface area contributed by atoms with Crippen molar-refractivity contribution in [2.24, 2.45) is 16.7 Å². The number of amides is 1. The van der Waals surface area contributed by atoms with Crippen LogP contribution in [0.1, 0.15) is 101 Å². The van der Waals surface area contributed by atoms with E-state index in [9.17, 15) is 29.7 Å². The van der Waals surface area contributed by atoms with E-state index in [1.54, 1.807) is 107 Å². The minimum absolute atomic E-state index is 0.0167. The molecule has 1 aromatic heterocycles. The molecule has 17 heteroatoms. The van der Waals surface area contributed by atoms with Gasteiger partial charge in [0.2, 0.25) is 6.10 Å². The molecule has 76 heavy (non-hydrogen) atoms. The van der Waals surface area contributed by atoms with E-state index in [4.69, 9.17) is 33.4 Å². The molecule has 17 nitrogen and oxygen atoms in total. The van der Waals surface area contributed by atoms with Crippen LogP contribution in [0.2, 0.25) is 0 Å². The quantitative estimate of drug-likeness (QED) is 0.0574. The summed E-state index contributed by atoms with van der Waals surface area (Å²) in [6.45, 7) is 11.7. The van der Waals surface area contributed by atoms with E-state index in [1.165, 1.54) is 32.0 Å². The molecule has 11 atom stereocenters. The van der Waals surface area contributed by atoms with Crippen LogP contribution < -0.4 is 5.32 Å². The molecule has 4 aromatic carbocycles. The number of hydrogen-bond acceptors (Lipinski definition) is 16. The van der Waals surface area contributed by atoms with Gasteiger partial charge in [0.1, 0.15) is 41.7 Å². The number of ether oxygens (including phenoxy) is 6. The van der Waals surface area contributed by atoms with Crippen LogP contribution in [0, 0.1) is 16.7 Å². The summed E-state index contributed by atoms with van der Waals surface area (Å²) < 4.78 is 36.9. The Hall–Kier alpha value is -7.31. The van der Waals surface area contributed by atoms with Crippen molar-refractivity contribution < 1.29 is 72.5 Å². The van der Waals surface area contributed by atoms with Gasteiger partial charge in [0.15, 0.2) is 11.4 Å². The molecule has 2 bridgehead atoms. The Morgan fingerprint density at radius 2 is 1.45 bits per heavy atom. The molecule has 0 spiro atoms. The van der Waals surface area contributed by atoms with E-state index in [0.717, 1.165) is 6.92 Å². The van der Waals surface area contributed by atoms with E-state index < -0.39 is 118 Å². The maximum atomic E-state index is 15.6. The zero-order valence-electron chi connectivity index (χ0n) is 43.5. The lowest BCUT2D eigenvalue weighted by atomic mass is 9.44. The highest BCUT2D eigenvalue weighted by atomic mass is 16.6. The van der Waals surface area contributed by atoms with Crippen molar-refractivity contribution in [1.82, 2.24) is 10.3 Å². The number of aliphatic hydroxyl groups is 3. The van der Waals surface area contributed by atoms with Crippen molar-refractivity contribution in [2.75, 3.05) is 6.61 Å². The smallest absolute Gasteiger partial charge is 0.408 e. The number of rotatable bonds is 11. The number of alkyl carbamates (subject to hydrolysis) is 1. The van der Waals surface area contributed by atoms with Gasteiger partial charge in [-0.3, -0.25) is 9.59 Å². The van der Waals surface area contributed by atoms with Gasteiger partial charge in [-0.1, -0.05) is 111 Å². The summed E-state index contributed by atoms with van der Waals surface area (Å²) in [4.78, 5) is 92.2. The third-order valence-electron chi connectivity index (χ3n) is 15.8. The van der Waals surface area contributed by atoms with Gasteiger partial charge in [-0.25, -0.2) is 24.2 Å². The fourth-order valence-corrected chi connectivity index (χ4v) is 11.9. The Labute approximate surface area is 439 Å². The van der Waals surface area contributed by atoms with Gasteiger partial charge < -0.3 is 49.1 Å². The lowest BCUT2D eigenvalue weighted by Gasteiger charge is -2.67. The highest BCUT2D eigenvalue weighted by molar-refractivity contribution is 6.05. The second-order valence-electron chi connectivity index (χ2n) is 21.9. The molecule has 1 aliphatic heterocycles. The van der Waals surface area contributed by atoms with Crippen molar-refractivity contribution >= 4 is 46.7 Å². The first-order valence-corrected chi connectivity index (χ1v) is 25.2. The Balaban J connectivity index is 1.20. The number of carbonyl (C=O) groups is 6. The zero-order chi connectivity index (χ0) is 54.7. The Morgan fingerprint density at radius 1 is 0.829 bits per heavy atom. The third-order valence-corrected chi connectivity index (χ3v) is 15.8. The average Bonchev–Trinajstić information content (AvgIpc) is 3.49. The molecule has 0 unspecified atom stereocenters. The Morgan fingerprint density at radius 3 is 2.07 bits per heavy atom. The first-order chi connectivity index (χ1) is 35.9. The Bertz CT molecular complexity index is 3120. The highest BCUT2D eigenvalue weighted by Gasteiger charge is 2.78. The normalized spacial score (nSPS) is 28.4. The first-order valence-electron chi connectivity index (χ1n) is 25.2. The number of benzene rings is 4. The van der Waals surface area contributed by atoms with Crippen LogP contribution >= 0.6 is 0 Å². The summed E-state index contributed by atoms with van der Waals surface area (Å²) in [7, 11) is 0. The van der Waals surface area contributed by atoms with Crippen molar-refractivity contribution in [1.29, 1.82) is 0 Å². The minimum atomic E-state index is -2.46. The third kappa shape index (κ3) is 9.32. The summed E-state index contributed by atoms with van der Waals surface area (Å²) >= 11 is 0. The number of carbonyl (C=O) groups excluding carboxylic acids is 6. The zero-order valence-corrected chi connectivity index (χ0v) is 43.5. The number of Topliss-reactive ketones (excluding diaryl/α,β-unsaturated/α-hetero) is 1. The van der Waals surface area contributed by atoms with Crippen molar-refractivity contribution in [2.45, 2.75) is 128 Å². The van der Waals surface area contributed by atoms with E-state index in [2.05, 4.69) is 5.32 Å². The van der Waals surface area contributed by atoms with E-state index in [1.807, 2.05) is 30.3 Å². The standard InChI is InChI=1S/C59H62N2O15/c1-32-41(30-59(70)50(74-51(66)36-24-16-11-17-25-36)48-57(8,49(65)46(64)44(32)56(59,6)7)42(63)29-43-58(48,31-71-43)75-33(2)62)72-53(68)47(45(35-22-14-10-15-23-35)61-54(69)76-55(3,4)5)73-52(67)38-28-40(34-20-12-9-13-21-34)60-39-27-19-18-26-37(38)39/h9-28,41-43,45-48,50,63-64,70H,29-31H2,1-8H3,(H,61,69)/t41-,42-,43+,45-,46+,47+,48-,50-,57+,58-,59+/m0/s1. The maximum Gasteiger partial charge on any atom is 0.408 e. The van der Waals surface area contributed by atoms with Gasteiger partial charge >= 0.3 is 30.0 Å². The number of ketones is 1. The van der Waals surface area contributed by atoms with Gasteiger partial charge in [-0.05, 0) is 75.6 Å². The monoisotopic (exact) mass is 1040 g/mol. The molecule has 2 heterocycles. The van der Waals surface area contributed by atoms with Crippen molar-refractivity contribution in [3.63, 3.8) is 0 Å². The summed E-state index contributed by atoms with van der Waals surface area (Å²) in [6, 6.07) is 32.1. The number of hydrogen-bond donors (Lipinski definition) is 4. The maximum absolute atomic E-state index is 15.6. The van der Waals surface area contributed by atoms with Crippen LogP contribution in [0.5, 0.6) is 0 Å². The van der Waals surface area contributed by atoms with Gasteiger partial charge in [0.25, 0.3) is 0 Å². The molecule has 2 saturated carbocycles. The van der Waals surface area contributed by atoms with Crippen LogP contribution in [0.4, 0.5) is 4.79 Å². The van der Waals surface area contributed by atoms with Crippen molar-refractivity contribution in [3.05, 3.63) is 149 Å². The molecular weight excluding hydrogens is 977 g/mol. The van der Waals surface area contributed by atoms with Crippen LogP contribution in [0.15, 0.2) is 132 Å². The van der Waals surface area contributed by atoms with Gasteiger partial charge in [0.05, 0.1) is 46.4 Å². The van der Waals surface area contributed by atoms with E-state index >= 15 is 14.4 Å². The summed E-state index contributed by atoms with van der Waals surface area (Å²) in [5, 5.41) is 41.7. The van der Waals surface area contributed by atoms with Crippen LogP contribution in [0.25, 0.3) is 22.2 Å². The van der Waals surface area contributed by atoms with Crippen LogP contribution in [0.3, 0.4) is 0 Å². The molecule has 398 valence electrons. The van der Waals surface area contributed by atoms with Crippen LogP contribution in [-0.2, 0) is 42.8 Å². The predicted octanol–water partition coefficient (Wildman–Crippen LogP) is 7.34. The predicted molar refractivity (Wildman–Crippen MR) is 274 cm³/mol. The SMILES string of the molecule is CC(=O)O[C@@]12CO[C@@H]1C[C@H](O)[C@@]1(C)C(=O)[C@H](O)C3=C(C)[C@@H](OC(=O)[C@H](OC(=O)c4cc(-c5ccccc5)nc5ccccc45)[C@@H](NC(=O)OC(C)(C)C)c4ccccc4)C[C@@](O)([C@@H](OC(=O)c4ccccc4)[C@H]21)C3(C)C. The fourth-order valence-electron chi connectivity index (χ4n) is 11.9. The summed E-state index contributed by atoms with van der Waals surface area (Å²) in [5.41, 5.74) is -7.19.